The summed E-state index contributed by atoms with van der Waals surface area (Å²) < 4.78 is 19.7. The lowest BCUT2D eigenvalue weighted by atomic mass is 9.87. The van der Waals surface area contributed by atoms with E-state index in [2.05, 4.69) is 0 Å². The van der Waals surface area contributed by atoms with E-state index >= 15 is 0 Å². The van der Waals surface area contributed by atoms with Gasteiger partial charge in [0.1, 0.15) is 17.2 Å². The van der Waals surface area contributed by atoms with Gasteiger partial charge in [-0.25, -0.2) is 4.39 Å². The van der Waals surface area contributed by atoms with E-state index in [0.29, 0.717) is 36.3 Å². The topological polar surface area (TPSA) is 29.5 Å². The Morgan fingerprint density at radius 3 is 2.71 bits per heavy atom. The zero-order chi connectivity index (χ0) is 14.9. The maximum Gasteiger partial charge on any atom is 0.126 e. The maximum absolute atomic E-state index is 13.9. The summed E-state index contributed by atoms with van der Waals surface area (Å²) in [6.45, 7) is 2.64. The second-order valence-corrected chi connectivity index (χ2v) is 5.47. The van der Waals surface area contributed by atoms with E-state index in [-0.39, 0.29) is 5.82 Å². The molecular weight excluding hydrogens is 267 g/mol. The maximum atomic E-state index is 13.9. The first-order valence-electron chi connectivity index (χ1n) is 7.39. The van der Waals surface area contributed by atoms with Crippen molar-refractivity contribution in [3.63, 3.8) is 0 Å². The molecule has 0 saturated carbocycles. The van der Waals surface area contributed by atoms with Gasteiger partial charge in [0.05, 0.1) is 6.61 Å². The molecule has 3 rings (SSSR count). The summed E-state index contributed by atoms with van der Waals surface area (Å²) in [5, 5.41) is 11.2. The molecule has 0 aromatic heterocycles. The van der Waals surface area contributed by atoms with Gasteiger partial charge in [-0.2, -0.15) is 0 Å². The fraction of sp³-hybridized carbons (Fsp3) is 0.333. The van der Waals surface area contributed by atoms with Crippen LogP contribution in [-0.2, 0) is 12.0 Å². The number of aliphatic hydroxyl groups is 1. The molecule has 1 aliphatic carbocycles. The number of ether oxygens (including phenoxy) is 1. The first-order valence-corrected chi connectivity index (χ1v) is 7.39. The van der Waals surface area contributed by atoms with Gasteiger partial charge in [-0.05, 0) is 42.5 Å². The van der Waals surface area contributed by atoms with Crippen molar-refractivity contribution >= 4 is 0 Å². The van der Waals surface area contributed by atoms with Crippen molar-refractivity contribution in [2.75, 3.05) is 6.61 Å². The number of fused-ring (bicyclic) bond motifs is 1. The van der Waals surface area contributed by atoms with Crippen LogP contribution in [0.3, 0.4) is 0 Å². The number of para-hydroxylation sites is 1. The summed E-state index contributed by atoms with van der Waals surface area (Å²) in [6, 6.07) is 12.4. The molecule has 0 bridgehead atoms. The van der Waals surface area contributed by atoms with Crippen LogP contribution < -0.4 is 4.74 Å². The van der Waals surface area contributed by atoms with Crippen molar-refractivity contribution in [3.8, 4) is 5.75 Å². The third-order valence-corrected chi connectivity index (χ3v) is 4.10. The fourth-order valence-electron chi connectivity index (χ4n) is 3.07. The number of benzene rings is 2. The largest absolute Gasteiger partial charge is 0.493 e. The molecular formula is C18H19FO2. The molecule has 2 nitrogen and oxygen atoms in total. The highest BCUT2D eigenvalue weighted by Crippen LogP contribution is 2.45. The van der Waals surface area contributed by atoms with E-state index < -0.39 is 5.60 Å². The predicted octanol–water partition coefficient (Wildman–Crippen LogP) is 3.80. The Labute approximate surface area is 124 Å². The Kier molecular flexibility index (Phi) is 3.68. The first-order chi connectivity index (χ1) is 10.2. The summed E-state index contributed by atoms with van der Waals surface area (Å²) in [7, 11) is 0. The Hall–Kier alpha value is -1.87. The molecule has 3 heteroatoms. The molecule has 0 radical (unpaired) electrons. The zero-order valence-electron chi connectivity index (χ0n) is 12.1. The molecule has 2 aromatic carbocycles. The molecule has 1 aliphatic rings. The van der Waals surface area contributed by atoms with Crippen molar-refractivity contribution in [3.05, 3.63) is 65.0 Å². The molecule has 0 amide bonds. The highest BCUT2D eigenvalue weighted by atomic mass is 19.1. The fourth-order valence-corrected chi connectivity index (χ4v) is 3.07. The second-order valence-electron chi connectivity index (χ2n) is 5.47. The average Bonchev–Trinajstić information content (AvgIpc) is 2.86. The highest BCUT2D eigenvalue weighted by molar-refractivity contribution is 5.50. The van der Waals surface area contributed by atoms with Gasteiger partial charge in [0.25, 0.3) is 0 Å². The number of hydrogen-bond acceptors (Lipinski definition) is 2. The lowest BCUT2D eigenvalue weighted by molar-refractivity contribution is 0.0790. The summed E-state index contributed by atoms with van der Waals surface area (Å²) in [6.07, 6.45) is 1.92. The van der Waals surface area contributed by atoms with Crippen LogP contribution in [0.1, 0.15) is 36.5 Å². The van der Waals surface area contributed by atoms with E-state index in [1.165, 1.54) is 6.07 Å². The molecule has 0 heterocycles. The predicted molar refractivity (Wildman–Crippen MR) is 79.9 cm³/mol. The third-order valence-electron chi connectivity index (χ3n) is 4.10. The normalized spacial score (nSPS) is 20.3. The van der Waals surface area contributed by atoms with Crippen LogP contribution in [0.2, 0.25) is 0 Å². The standard InChI is InChI=1S/C18H19FO2/c1-2-12-21-17-9-4-3-6-15(17)18(20)11-10-13-14(18)7-5-8-16(13)19/h3-9,20H,2,10-12H2,1H3. The van der Waals surface area contributed by atoms with Crippen molar-refractivity contribution in [2.24, 2.45) is 0 Å². The highest BCUT2D eigenvalue weighted by Gasteiger charge is 2.41. The third kappa shape index (κ3) is 2.32. The summed E-state index contributed by atoms with van der Waals surface area (Å²) in [5.74, 6) is 0.439. The van der Waals surface area contributed by atoms with Crippen LogP contribution in [0.15, 0.2) is 42.5 Å². The Morgan fingerprint density at radius 2 is 1.90 bits per heavy atom. The lowest BCUT2D eigenvalue weighted by Crippen LogP contribution is -2.25. The molecule has 0 saturated heterocycles. The summed E-state index contributed by atoms with van der Waals surface area (Å²) in [4.78, 5) is 0. The van der Waals surface area contributed by atoms with Gasteiger partial charge >= 0.3 is 0 Å². The SMILES string of the molecule is CCCOc1ccccc1C1(O)CCc2c(F)cccc21. The molecule has 0 spiro atoms. The first kappa shape index (κ1) is 14.1. The van der Waals surface area contributed by atoms with Crippen LogP contribution in [0.4, 0.5) is 4.39 Å². The van der Waals surface area contributed by atoms with Crippen molar-refractivity contribution < 1.29 is 14.2 Å². The van der Waals surface area contributed by atoms with Gasteiger partial charge in [-0.3, -0.25) is 0 Å². The molecule has 21 heavy (non-hydrogen) atoms. The minimum absolute atomic E-state index is 0.240. The van der Waals surface area contributed by atoms with Crippen LogP contribution in [-0.4, -0.2) is 11.7 Å². The Balaban J connectivity index is 2.08. The lowest BCUT2D eigenvalue weighted by Gasteiger charge is -2.27. The Bertz CT molecular complexity index is 653. The van der Waals surface area contributed by atoms with E-state index in [1.54, 1.807) is 6.07 Å². The zero-order valence-corrected chi connectivity index (χ0v) is 12.1. The Morgan fingerprint density at radius 1 is 1.14 bits per heavy atom. The van der Waals surface area contributed by atoms with Gasteiger partial charge in [-0.15, -0.1) is 0 Å². The second kappa shape index (κ2) is 5.49. The van der Waals surface area contributed by atoms with Gasteiger partial charge in [0.2, 0.25) is 0 Å². The van der Waals surface area contributed by atoms with Crippen LogP contribution in [0.25, 0.3) is 0 Å². The molecule has 1 atom stereocenters. The number of hydrogen-bond donors (Lipinski definition) is 1. The van der Waals surface area contributed by atoms with Crippen molar-refractivity contribution in [1.29, 1.82) is 0 Å². The molecule has 110 valence electrons. The summed E-state index contributed by atoms with van der Waals surface area (Å²) in [5.41, 5.74) is 0.838. The average molecular weight is 286 g/mol. The van der Waals surface area contributed by atoms with Gasteiger partial charge < -0.3 is 9.84 Å². The molecule has 1 unspecified atom stereocenters. The van der Waals surface area contributed by atoms with Gasteiger partial charge in [0, 0.05) is 5.56 Å². The monoisotopic (exact) mass is 286 g/mol. The molecule has 0 fully saturated rings. The molecule has 1 N–H and O–H groups in total. The van der Waals surface area contributed by atoms with E-state index in [1.807, 2.05) is 37.3 Å². The van der Waals surface area contributed by atoms with Crippen molar-refractivity contribution in [2.45, 2.75) is 31.8 Å². The molecule has 0 aliphatic heterocycles. The number of halogens is 1. The van der Waals surface area contributed by atoms with Crippen LogP contribution >= 0.6 is 0 Å². The van der Waals surface area contributed by atoms with Gasteiger partial charge in [-0.1, -0.05) is 37.3 Å². The van der Waals surface area contributed by atoms with E-state index in [0.717, 1.165) is 12.0 Å². The van der Waals surface area contributed by atoms with E-state index in [4.69, 9.17) is 4.74 Å². The minimum Gasteiger partial charge on any atom is -0.493 e. The van der Waals surface area contributed by atoms with E-state index in [9.17, 15) is 9.50 Å². The number of rotatable bonds is 4. The van der Waals surface area contributed by atoms with Crippen LogP contribution in [0, 0.1) is 5.82 Å². The van der Waals surface area contributed by atoms with Crippen molar-refractivity contribution in [1.82, 2.24) is 0 Å². The van der Waals surface area contributed by atoms with Crippen LogP contribution in [0.5, 0.6) is 5.75 Å². The smallest absolute Gasteiger partial charge is 0.126 e. The molecule has 2 aromatic rings. The minimum atomic E-state index is -1.16. The quantitative estimate of drug-likeness (QED) is 0.926. The van der Waals surface area contributed by atoms with Gasteiger partial charge in [0.15, 0.2) is 0 Å². The summed E-state index contributed by atoms with van der Waals surface area (Å²) >= 11 is 0.